The van der Waals surface area contributed by atoms with Crippen molar-refractivity contribution in [3.8, 4) is 23.7 Å². The molecule has 3 nitrogen and oxygen atoms in total. The number of fused-ring (bicyclic) bond motifs is 1. The van der Waals surface area contributed by atoms with E-state index in [2.05, 4.69) is 29.4 Å². The summed E-state index contributed by atoms with van der Waals surface area (Å²) in [5.74, 6) is 7.09. The third-order valence-corrected chi connectivity index (χ3v) is 4.23. The zero-order valence-electron chi connectivity index (χ0n) is 12.4. The van der Waals surface area contributed by atoms with Crippen LogP contribution in [0.25, 0.3) is 10.9 Å². The summed E-state index contributed by atoms with van der Waals surface area (Å²) < 4.78 is 7.36. The summed E-state index contributed by atoms with van der Waals surface area (Å²) in [6.45, 7) is 2.80. The maximum Gasteiger partial charge on any atom is 0.120 e. The van der Waals surface area contributed by atoms with E-state index in [0.29, 0.717) is 5.56 Å². The van der Waals surface area contributed by atoms with E-state index < -0.39 is 0 Å². The normalized spacial score (nSPS) is 10.0. The van der Waals surface area contributed by atoms with Gasteiger partial charge in [-0.15, -0.1) is 0 Å². The van der Waals surface area contributed by atoms with Crippen LogP contribution in [0.3, 0.4) is 0 Å². The minimum atomic E-state index is 0.627. The number of rotatable bonds is 2. The van der Waals surface area contributed by atoms with Crippen LogP contribution < -0.4 is 4.74 Å². The monoisotopic (exact) mass is 306 g/mol. The SMILES string of the molecule is CCn1c(C#Cc2ccsc2)c(C#N)c2ccc(OC)cc21. The van der Waals surface area contributed by atoms with Crippen LogP contribution in [-0.2, 0) is 6.54 Å². The van der Waals surface area contributed by atoms with Crippen LogP contribution in [0.15, 0.2) is 35.0 Å². The zero-order chi connectivity index (χ0) is 15.5. The van der Waals surface area contributed by atoms with E-state index in [-0.39, 0.29) is 0 Å². The summed E-state index contributed by atoms with van der Waals surface area (Å²) in [4.78, 5) is 0. The Morgan fingerprint density at radius 1 is 1.27 bits per heavy atom. The lowest BCUT2D eigenvalue weighted by Gasteiger charge is -2.04. The van der Waals surface area contributed by atoms with Crippen molar-refractivity contribution >= 4 is 22.2 Å². The first-order chi connectivity index (χ1) is 10.8. The van der Waals surface area contributed by atoms with Gasteiger partial charge in [-0.2, -0.15) is 16.6 Å². The minimum absolute atomic E-state index is 0.627. The highest BCUT2D eigenvalue weighted by molar-refractivity contribution is 7.08. The van der Waals surface area contributed by atoms with Gasteiger partial charge in [0, 0.05) is 28.9 Å². The second kappa shape index (κ2) is 5.97. The Morgan fingerprint density at radius 2 is 2.14 bits per heavy atom. The number of benzene rings is 1. The Hall–Kier alpha value is -2.69. The van der Waals surface area contributed by atoms with Gasteiger partial charge in [0.2, 0.25) is 0 Å². The first kappa shape index (κ1) is 14.3. The molecule has 3 rings (SSSR count). The van der Waals surface area contributed by atoms with Gasteiger partial charge in [0.25, 0.3) is 0 Å². The fraction of sp³-hybridized carbons (Fsp3) is 0.167. The lowest BCUT2D eigenvalue weighted by atomic mass is 10.1. The summed E-state index contributed by atoms with van der Waals surface area (Å²) in [6.07, 6.45) is 0. The summed E-state index contributed by atoms with van der Waals surface area (Å²) in [7, 11) is 1.64. The number of thiophene rings is 1. The van der Waals surface area contributed by atoms with Crippen LogP contribution in [0, 0.1) is 23.2 Å². The van der Waals surface area contributed by atoms with E-state index in [1.165, 1.54) is 0 Å². The molecule has 2 heterocycles. The van der Waals surface area contributed by atoms with Crippen LogP contribution in [0.2, 0.25) is 0 Å². The molecular formula is C18H14N2OS. The van der Waals surface area contributed by atoms with Crippen LogP contribution in [0.5, 0.6) is 5.75 Å². The van der Waals surface area contributed by atoms with E-state index in [1.807, 2.05) is 35.0 Å². The van der Waals surface area contributed by atoms with Crippen molar-refractivity contribution in [1.29, 1.82) is 5.26 Å². The molecule has 0 atom stereocenters. The molecule has 0 spiro atoms. The van der Waals surface area contributed by atoms with E-state index >= 15 is 0 Å². The molecule has 108 valence electrons. The average molecular weight is 306 g/mol. The van der Waals surface area contributed by atoms with E-state index in [9.17, 15) is 5.26 Å². The molecule has 0 unspecified atom stereocenters. The highest BCUT2D eigenvalue weighted by Gasteiger charge is 2.15. The molecule has 0 radical (unpaired) electrons. The molecule has 0 bridgehead atoms. The molecule has 4 heteroatoms. The molecule has 0 aliphatic rings. The molecule has 0 N–H and O–H groups in total. The smallest absolute Gasteiger partial charge is 0.120 e. The Balaban J connectivity index is 2.26. The van der Waals surface area contributed by atoms with Crippen molar-refractivity contribution < 1.29 is 4.74 Å². The lowest BCUT2D eigenvalue weighted by Crippen LogP contribution is -1.98. The van der Waals surface area contributed by atoms with Crippen molar-refractivity contribution in [3.05, 3.63) is 51.8 Å². The molecular weight excluding hydrogens is 292 g/mol. The van der Waals surface area contributed by atoms with Crippen molar-refractivity contribution in [3.63, 3.8) is 0 Å². The molecule has 3 aromatic rings. The summed E-state index contributed by atoms with van der Waals surface area (Å²) in [5.41, 5.74) is 3.34. The van der Waals surface area contributed by atoms with Crippen LogP contribution in [0.1, 0.15) is 23.7 Å². The number of nitriles is 1. The number of aromatic nitrogens is 1. The average Bonchev–Trinajstić information content (AvgIpc) is 3.17. The molecule has 0 fully saturated rings. The van der Waals surface area contributed by atoms with E-state index in [4.69, 9.17) is 4.74 Å². The molecule has 2 aromatic heterocycles. The Bertz CT molecular complexity index is 918. The zero-order valence-corrected chi connectivity index (χ0v) is 13.2. The Morgan fingerprint density at radius 3 is 2.77 bits per heavy atom. The van der Waals surface area contributed by atoms with Gasteiger partial charge in [-0.3, -0.25) is 0 Å². The quantitative estimate of drug-likeness (QED) is 0.671. The number of hydrogen-bond donors (Lipinski definition) is 0. The highest BCUT2D eigenvalue weighted by Crippen LogP contribution is 2.28. The summed E-state index contributed by atoms with van der Waals surface area (Å²) in [6, 6.07) is 10.0. The Kier molecular flexibility index (Phi) is 3.87. The molecule has 0 amide bonds. The van der Waals surface area contributed by atoms with Crippen molar-refractivity contribution in [2.24, 2.45) is 0 Å². The summed E-state index contributed by atoms with van der Waals surface area (Å²) >= 11 is 1.61. The predicted molar refractivity (Wildman–Crippen MR) is 89.2 cm³/mol. The second-order valence-electron chi connectivity index (χ2n) is 4.72. The second-order valence-corrected chi connectivity index (χ2v) is 5.50. The number of hydrogen-bond acceptors (Lipinski definition) is 3. The molecule has 1 aromatic carbocycles. The van der Waals surface area contributed by atoms with Gasteiger partial charge >= 0.3 is 0 Å². The van der Waals surface area contributed by atoms with Gasteiger partial charge in [-0.25, -0.2) is 0 Å². The van der Waals surface area contributed by atoms with Gasteiger partial charge < -0.3 is 9.30 Å². The first-order valence-electron chi connectivity index (χ1n) is 6.93. The highest BCUT2D eigenvalue weighted by atomic mass is 32.1. The van der Waals surface area contributed by atoms with Gasteiger partial charge in [-0.05, 0) is 36.4 Å². The maximum absolute atomic E-state index is 9.55. The van der Waals surface area contributed by atoms with Crippen molar-refractivity contribution in [2.75, 3.05) is 7.11 Å². The predicted octanol–water partition coefficient (Wildman–Crippen LogP) is 4.00. The third kappa shape index (κ3) is 2.35. The van der Waals surface area contributed by atoms with Crippen LogP contribution in [-0.4, -0.2) is 11.7 Å². The van der Waals surface area contributed by atoms with Crippen molar-refractivity contribution in [1.82, 2.24) is 4.57 Å². The van der Waals surface area contributed by atoms with Gasteiger partial charge in [-0.1, -0.05) is 5.92 Å². The fourth-order valence-corrected chi connectivity index (χ4v) is 3.08. The van der Waals surface area contributed by atoms with Gasteiger partial charge in [0.1, 0.15) is 17.5 Å². The van der Waals surface area contributed by atoms with E-state index in [0.717, 1.165) is 34.5 Å². The largest absolute Gasteiger partial charge is 0.497 e. The number of nitrogens with zero attached hydrogens (tertiary/aromatic N) is 2. The molecule has 22 heavy (non-hydrogen) atoms. The van der Waals surface area contributed by atoms with Crippen LogP contribution >= 0.6 is 11.3 Å². The fourth-order valence-electron chi connectivity index (χ4n) is 2.49. The van der Waals surface area contributed by atoms with Crippen LogP contribution in [0.4, 0.5) is 0 Å². The molecule has 0 saturated carbocycles. The Labute approximate surface area is 133 Å². The molecule has 0 saturated heterocycles. The minimum Gasteiger partial charge on any atom is -0.497 e. The topological polar surface area (TPSA) is 38.0 Å². The lowest BCUT2D eigenvalue weighted by molar-refractivity contribution is 0.415. The summed E-state index contributed by atoms with van der Waals surface area (Å²) in [5, 5.41) is 14.5. The maximum atomic E-state index is 9.55. The van der Waals surface area contributed by atoms with Crippen molar-refractivity contribution in [2.45, 2.75) is 13.5 Å². The number of aryl methyl sites for hydroxylation is 1. The molecule has 0 aliphatic heterocycles. The third-order valence-electron chi connectivity index (χ3n) is 3.55. The van der Waals surface area contributed by atoms with Gasteiger partial charge in [0.05, 0.1) is 18.2 Å². The standard InChI is InChI=1S/C18H14N2OS/c1-3-20-17(7-4-13-8-9-22-12-13)16(11-19)15-6-5-14(21-2)10-18(15)20/h5-6,8-10,12H,3H2,1-2H3. The van der Waals surface area contributed by atoms with Gasteiger partial charge in [0.15, 0.2) is 0 Å². The van der Waals surface area contributed by atoms with E-state index in [1.54, 1.807) is 18.4 Å². The molecule has 0 aliphatic carbocycles. The first-order valence-corrected chi connectivity index (χ1v) is 7.87. The number of ether oxygens (including phenoxy) is 1. The number of methoxy groups -OCH3 is 1.